The maximum Gasteiger partial charge on any atom is 0.164 e. The predicted molar refractivity (Wildman–Crippen MR) is 80.1 cm³/mol. The molecule has 0 radical (unpaired) electrons. The largest absolute Gasteiger partial charge is 0.386 e. The van der Waals surface area contributed by atoms with Crippen LogP contribution in [0.5, 0.6) is 0 Å². The first-order chi connectivity index (χ1) is 10.7. The molecule has 1 atom stereocenters. The quantitative estimate of drug-likeness (QED) is 0.885. The minimum Gasteiger partial charge on any atom is -0.386 e. The molecule has 2 saturated carbocycles. The second kappa shape index (κ2) is 5.02. The molecule has 5 nitrogen and oxygen atoms in total. The van der Waals surface area contributed by atoms with Gasteiger partial charge in [-0.15, -0.1) is 5.10 Å². The van der Waals surface area contributed by atoms with Crippen LogP contribution in [-0.4, -0.2) is 25.9 Å². The van der Waals surface area contributed by atoms with Crippen molar-refractivity contribution in [1.82, 2.24) is 15.0 Å². The van der Waals surface area contributed by atoms with E-state index in [-0.39, 0.29) is 17.7 Å². The van der Waals surface area contributed by atoms with Gasteiger partial charge in [0, 0.05) is 0 Å². The van der Waals surface area contributed by atoms with E-state index in [9.17, 15) is 9.90 Å². The van der Waals surface area contributed by atoms with Gasteiger partial charge in [0.1, 0.15) is 18.3 Å². The van der Waals surface area contributed by atoms with Gasteiger partial charge in [0.05, 0.1) is 11.6 Å². The summed E-state index contributed by atoms with van der Waals surface area (Å²) >= 11 is 0. The van der Waals surface area contributed by atoms with Crippen molar-refractivity contribution in [1.29, 1.82) is 0 Å². The Balaban J connectivity index is 1.48. The standard InChI is InChI=1S/C17H19N3O2/c21-15(17(8-9-17)13-4-2-1-3-5-13)11-20-10-14(18-19-20)16(22)12-6-7-12/h1-5,10,12,16,22H,6-9,11H2/t16-/m0/s1. The molecule has 0 spiro atoms. The average Bonchev–Trinajstić information content (AvgIpc) is 3.45. The van der Waals surface area contributed by atoms with Gasteiger partial charge in [-0.2, -0.15) is 0 Å². The summed E-state index contributed by atoms with van der Waals surface area (Å²) in [5.41, 5.74) is 1.35. The van der Waals surface area contributed by atoms with Crippen LogP contribution in [0, 0.1) is 5.92 Å². The summed E-state index contributed by atoms with van der Waals surface area (Å²) in [5, 5.41) is 18.1. The Morgan fingerprint density at radius 3 is 2.68 bits per heavy atom. The Hall–Kier alpha value is -2.01. The van der Waals surface area contributed by atoms with Crippen LogP contribution in [0.1, 0.15) is 43.0 Å². The number of aliphatic hydroxyl groups is 1. The highest BCUT2D eigenvalue weighted by atomic mass is 16.3. The fourth-order valence-corrected chi connectivity index (χ4v) is 3.09. The molecule has 1 heterocycles. The topological polar surface area (TPSA) is 68.0 Å². The van der Waals surface area contributed by atoms with Gasteiger partial charge in [0.2, 0.25) is 0 Å². The second-order valence-corrected chi connectivity index (χ2v) is 6.49. The number of benzene rings is 1. The summed E-state index contributed by atoms with van der Waals surface area (Å²) in [7, 11) is 0. The number of hydrogen-bond donors (Lipinski definition) is 1. The third kappa shape index (κ3) is 2.35. The number of aromatic nitrogens is 3. The highest BCUT2D eigenvalue weighted by Crippen LogP contribution is 2.49. The van der Waals surface area contributed by atoms with Crippen LogP contribution in [0.2, 0.25) is 0 Å². The van der Waals surface area contributed by atoms with Crippen LogP contribution in [0.3, 0.4) is 0 Å². The van der Waals surface area contributed by atoms with Gasteiger partial charge in [-0.05, 0) is 37.2 Å². The molecule has 1 N–H and O–H groups in total. The van der Waals surface area contributed by atoms with E-state index in [4.69, 9.17) is 0 Å². The highest BCUT2D eigenvalue weighted by Gasteiger charge is 2.50. The zero-order valence-electron chi connectivity index (χ0n) is 12.4. The van der Waals surface area contributed by atoms with E-state index in [0.29, 0.717) is 11.6 Å². The van der Waals surface area contributed by atoms with Crippen molar-refractivity contribution in [2.75, 3.05) is 0 Å². The summed E-state index contributed by atoms with van der Waals surface area (Å²) < 4.78 is 1.56. The van der Waals surface area contributed by atoms with Gasteiger partial charge >= 0.3 is 0 Å². The maximum absolute atomic E-state index is 12.7. The molecule has 4 rings (SSSR count). The van der Waals surface area contributed by atoms with Crippen LogP contribution in [0.4, 0.5) is 0 Å². The number of aliphatic hydroxyl groups excluding tert-OH is 1. The summed E-state index contributed by atoms with van der Waals surface area (Å²) in [4.78, 5) is 12.7. The number of ketones is 1. The molecule has 2 aliphatic rings. The summed E-state index contributed by atoms with van der Waals surface area (Å²) in [5.74, 6) is 0.496. The molecular formula is C17H19N3O2. The van der Waals surface area contributed by atoms with Crippen molar-refractivity contribution in [3.63, 3.8) is 0 Å². The van der Waals surface area contributed by atoms with E-state index in [0.717, 1.165) is 31.2 Å². The third-order valence-electron chi connectivity index (χ3n) is 4.84. The first-order valence-corrected chi connectivity index (χ1v) is 7.86. The average molecular weight is 297 g/mol. The molecule has 114 valence electrons. The molecule has 0 amide bonds. The molecule has 0 bridgehead atoms. The molecule has 2 fully saturated rings. The Morgan fingerprint density at radius 1 is 1.32 bits per heavy atom. The smallest absolute Gasteiger partial charge is 0.164 e. The number of Topliss-reactive ketones (excluding diaryl/α,β-unsaturated/α-hetero) is 1. The summed E-state index contributed by atoms with van der Waals surface area (Å²) in [6.45, 7) is 0.222. The van der Waals surface area contributed by atoms with E-state index in [1.54, 1.807) is 10.9 Å². The maximum atomic E-state index is 12.7. The number of rotatable bonds is 6. The minimum atomic E-state index is -0.534. The van der Waals surface area contributed by atoms with Gasteiger partial charge in [-0.1, -0.05) is 35.5 Å². The molecular weight excluding hydrogens is 278 g/mol. The number of nitrogens with zero attached hydrogens (tertiary/aromatic N) is 3. The van der Waals surface area contributed by atoms with Crippen molar-refractivity contribution in [3.8, 4) is 0 Å². The van der Waals surface area contributed by atoms with Crippen LogP contribution in [0.15, 0.2) is 36.5 Å². The predicted octanol–water partition coefficient (Wildman–Crippen LogP) is 2.02. The van der Waals surface area contributed by atoms with Crippen LogP contribution >= 0.6 is 0 Å². The lowest BCUT2D eigenvalue weighted by atomic mass is 9.91. The van der Waals surface area contributed by atoms with Gasteiger partial charge in [-0.25, -0.2) is 4.68 Å². The molecule has 2 aromatic rings. The SMILES string of the molecule is O=C(Cn1cc([C@@H](O)C2CC2)nn1)C1(c2ccccc2)CC1. The fraction of sp³-hybridized carbons (Fsp3) is 0.471. The van der Waals surface area contributed by atoms with E-state index in [1.807, 2.05) is 30.3 Å². The Morgan fingerprint density at radius 2 is 2.05 bits per heavy atom. The van der Waals surface area contributed by atoms with Crippen LogP contribution in [-0.2, 0) is 16.8 Å². The Labute approximate surface area is 129 Å². The van der Waals surface area contributed by atoms with E-state index in [1.165, 1.54) is 0 Å². The van der Waals surface area contributed by atoms with E-state index >= 15 is 0 Å². The van der Waals surface area contributed by atoms with Crippen molar-refractivity contribution in [2.45, 2.75) is 43.7 Å². The van der Waals surface area contributed by atoms with Crippen molar-refractivity contribution in [2.24, 2.45) is 5.92 Å². The first-order valence-electron chi connectivity index (χ1n) is 7.86. The zero-order valence-corrected chi connectivity index (χ0v) is 12.4. The molecule has 0 aliphatic heterocycles. The third-order valence-corrected chi connectivity index (χ3v) is 4.84. The molecule has 0 unspecified atom stereocenters. The van der Waals surface area contributed by atoms with Gasteiger partial charge in [-0.3, -0.25) is 4.79 Å². The van der Waals surface area contributed by atoms with Gasteiger partial charge < -0.3 is 5.11 Å². The monoisotopic (exact) mass is 297 g/mol. The summed E-state index contributed by atoms with van der Waals surface area (Å²) in [6, 6.07) is 9.96. The van der Waals surface area contributed by atoms with E-state index in [2.05, 4.69) is 10.3 Å². The van der Waals surface area contributed by atoms with E-state index < -0.39 is 6.10 Å². The van der Waals surface area contributed by atoms with Gasteiger partial charge in [0.15, 0.2) is 5.78 Å². The zero-order chi connectivity index (χ0) is 15.2. The van der Waals surface area contributed by atoms with Crippen molar-refractivity contribution < 1.29 is 9.90 Å². The van der Waals surface area contributed by atoms with Crippen LogP contribution in [0.25, 0.3) is 0 Å². The fourth-order valence-electron chi connectivity index (χ4n) is 3.09. The molecule has 22 heavy (non-hydrogen) atoms. The Kier molecular flexibility index (Phi) is 3.11. The molecule has 0 saturated heterocycles. The number of hydrogen-bond acceptors (Lipinski definition) is 4. The lowest BCUT2D eigenvalue weighted by molar-refractivity contribution is -0.122. The van der Waals surface area contributed by atoms with Crippen molar-refractivity contribution in [3.05, 3.63) is 47.8 Å². The minimum absolute atomic E-state index is 0.177. The lowest BCUT2D eigenvalue weighted by Gasteiger charge is -2.14. The lowest BCUT2D eigenvalue weighted by Crippen LogP contribution is -2.25. The number of carbonyl (C=O) groups excluding carboxylic acids is 1. The molecule has 2 aliphatic carbocycles. The molecule has 5 heteroatoms. The summed E-state index contributed by atoms with van der Waals surface area (Å²) in [6.07, 6.45) is 5.08. The normalized spacial score (nSPS) is 20.6. The van der Waals surface area contributed by atoms with Crippen molar-refractivity contribution >= 4 is 5.78 Å². The second-order valence-electron chi connectivity index (χ2n) is 6.49. The Bertz CT molecular complexity index is 687. The highest BCUT2D eigenvalue weighted by molar-refractivity contribution is 5.92. The molecule has 1 aromatic heterocycles. The van der Waals surface area contributed by atoms with Crippen LogP contribution < -0.4 is 0 Å². The molecule has 1 aromatic carbocycles. The first kappa shape index (κ1) is 13.6. The number of carbonyl (C=O) groups is 1. The van der Waals surface area contributed by atoms with Gasteiger partial charge in [0.25, 0.3) is 0 Å².